The third-order valence-electron chi connectivity index (χ3n) is 3.07. The number of hydrogen-bond donors (Lipinski definition) is 1. The van der Waals surface area contributed by atoms with Gasteiger partial charge in [-0.15, -0.1) is 0 Å². The Kier molecular flexibility index (Phi) is 2.83. The van der Waals surface area contributed by atoms with Crippen LogP contribution in [0, 0.1) is 5.82 Å². The number of imide groups is 1. The highest BCUT2D eigenvalue weighted by Crippen LogP contribution is 2.31. The zero-order valence-electron chi connectivity index (χ0n) is 10.1. The molecule has 0 spiro atoms. The molecule has 4 nitrogen and oxygen atoms in total. The van der Waals surface area contributed by atoms with Gasteiger partial charge in [-0.25, -0.2) is 9.29 Å². The Morgan fingerprint density at radius 1 is 1.00 bits per heavy atom. The molecule has 0 fully saturated rings. The van der Waals surface area contributed by atoms with Crippen molar-refractivity contribution in [3.8, 4) is 0 Å². The van der Waals surface area contributed by atoms with Gasteiger partial charge in [0.25, 0.3) is 11.8 Å². The van der Waals surface area contributed by atoms with Gasteiger partial charge in [-0.3, -0.25) is 9.59 Å². The number of hydrogen-bond acceptors (Lipinski definition) is 3. The minimum Gasteiger partial charge on any atom is -0.399 e. The van der Waals surface area contributed by atoms with Crippen molar-refractivity contribution in [2.45, 2.75) is 0 Å². The van der Waals surface area contributed by atoms with E-state index in [0.29, 0.717) is 5.69 Å². The first kappa shape index (κ1) is 12.8. The van der Waals surface area contributed by atoms with Crippen molar-refractivity contribution >= 4 is 39.1 Å². The standard InChI is InChI=1S/C14H8BrFN2O2/c15-11-4-2-8(6-12(11)16)18-13(19)9-3-1-7(17)5-10(9)14(18)20/h1-6H,17H2. The average Bonchev–Trinajstić information content (AvgIpc) is 2.65. The van der Waals surface area contributed by atoms with E-state index in [-0.39, 0.29) is 21.3 Å². The number of amides is 2. The van der Waals surface area contributed by atoms with Crippen LogP contribution >= 0.6 is 15.9 Å². The van der Waals surface area contributed by atoms with Crippen LogP contribution in [0.3, 0.4) is 0 Å². The lowest BCUT2D eigenvalue weighted by atomic mass is 10.1. The number of halogens is 2. The number of nitrogen functional groups attached to an aromatic ring is 1. The van der Waals surface area contributed by atoms with Crippen LogP contribution < -0.4 is 10.6 Å². The number of carbonyl (C=O) groups excluding carboxylic acids is 2. The summed E-state index contributed by atoms with van der Waals surface area (Å²) in [4.78, 5) is 25.5. The van der Waals surface area contributed by atoms with Gasteiger partial charge in [-0.2, -0.15) is 0 Å². The zero-order chi connectivity index (χ0) is 14.4. The van der Waals surface area contributed by atoms with Crippen molar-refractivity contribution in [1.82, 2.24) is 0 Å². The van der Waals surface area contributed by atoms with Gasteiger partial charge < -0.3 is 5.73 Å². The topological polar surface area (TPSA) is 63.4 Å². The maximum atomic E-state index is 13.6. The van der Waals surface area contributed by atoms with E-state index in [1.54, 1.807) is 6.07 Å². The van der Waals surface area contributed by atoms with E-state index in [4.69, 9.17) is 5.73 Å². The minimum absolute atomic E-state index is 0.190. The van der Waals surface area contributed by atoms with Crippen molar-refractivity contribution in [3.63, 3.8) is 0 Å². The highest BCUT2D eigenvalue weighted by Gasteiger charge is 2.36. The second kappa shape index (κ2) is 4.42. The van der Waals surface area contributed by atoms with Gasteiger partial charge in [0.2, 0.25) is 0 Å². The predicted octanol–water partition coefficient (Wildman–Crippen LogP) is 2.97. The van der Waals surface area contributed by atoms with Gasteiger partial charge in [0.15, 0.2) is 0 Å². The molecule has 2 aromatic carbocycles. The Balaban J connectivity index is 2.11. The first-order valence-corrected chi connectivity index (χ1v) is 6.51. The van der Waals surface area contributed by atoms with Gasteiger partial charge in [0.1, 0.15) is 5.82 Å². The molecular formula is C14H8BrFN2O2. The lowest BCUT2D eigenvalue weighted by Gasteiger charge is -2.14. The maximum absolute atomic E-state index is 13.6. The van der Waals surface area contributed by atoms with Crippen LogP contribution in [0.15, 0.2) is 40.9 Å². The fraction of sp³-hybridized carbons (Fsp3) is 0. The lowest BCUT2D eigenvalue weighted by Crippen LogP contribution is -2.29. The van der Waals surface area contributed by atoms with Crippen LogP contribution in [0.25, 0.3) is 0 Å². The number of fused-ring (bicyclic) bond motifs is 1. The molecule has 2 amide bonds. The van der Waals surface area contributed by atoms with Gasteiger partial charge in [-0.05, 0) is 52.3 Å². The Labute approximate surface area is 122 Å². The number of carbonyl (C=O) groups is 2. The van der Waals surface area contributed by atoms with Crippen molar-refractivity contribution in [1.29, 1.82) is 0 Å². The maximum Gasteiger partial charge on any atom is 0.266 e. The van der Waals surface area contributed by atoms with E-state index in [1.165, 1.54) is 24.3 Å². The summed E-state index contributed by atoms with van der Waals surface area (Å²) >= 11 is 3.03. The second-order valence-electron chi connectivity index (χ2n) is 4.35. The van der Waals surface area contributed by atoms with Crippen LogP contribution in [0.5, 0.6) is 0 Å². The van der Waals surface area contributed by atoms with Crippen LogP contribution in [-0.4, -0.2) is 11.8 Å². The van der Waals surface area contributed by atoms with Gasteiger partial charge in [0.05, 0.1) is 21.3 Å². The molecule has 3 rings (SSSR count). The minimum atomic E-state index is -0.543. The van der Waals surface area contributed by atoms with Crippen molar-refractivity contribution in [3.05, 3.63) is 57.8 Å². The van der Waals surface area contributed by atoms with Crippen LogP contribution in [0.2, 0.25) is 0 Å². The first-order chi connectivity index (χ1) is 9.49. The Morgan fingerprint density at radius 3 is 2.40 bits per heavy atom. The largest absolute Gasteiger partial charge is 0.399 e. The fourth-order valence-electron chi connectivity index (χ4n) is 2.12. The smallest absolute Gasteiger partial charge is 0.266 e. The SMILES string of the molecule is Nc1ccc2c(c1)C(=O)N(c1ccc(Br)c(F)c1)C2=O. The summed E-state index contributed by atoms with van der Waals surface area (Å²) in [7, 11) is 0. The molecule has 0 unspecified atom stereocenters. The zero-order valence-corrected chi connectivity index (χ0v) is 11.6. The highest BCUT2D eigenvalue weighted by molar-refractivity contribution is 9.10. The van der Waals surface area contributed by atoms with Gasteiger partial charge >= 0.3 is 0 Å². The average molecular weight is 335 g/mol. The molecule has 1 aliphatic rings. The van der Waals surface area contributed by atoms with Gasteiger partial charge in [0, 0.05) is 5.69 Å². The number of benzene rings is 2. The summed E-state index contributed by atoms with van der Waals surface area (Å²) in [6.07, 6.45) is 0. The summed E-state index contributed by atoms with van der Waals surface area (Å²) in [5.41, 5.74) is 6.71. The number of rotatable bonds is 1. The molecule has 100 valence electrons. The molecular weight excluding hydrogens is 327 g/mol. The molecule has 0 saturated carbocycles. The van der Waals surface area contributed by atoms with Crippen molar-refractivity contribution < 1.29 is 14.0 Å². The number of nitrogens with two attached hydrogens (primary N) is 1. The fourth-order valence-corrected chi connectivity index (χ4v) is 2.36. The predicted molar refractivity (Wildman–Crippen MR) is 76.1 cm³/mol. The molecule has 6 heteroatoms. The van der Waals surface area contributed by atoms with Crippen LogP contribution in [-0.2, 0) is 0 Å². The quantitative estimate of drug-likeness (QED) is 0.644. The first-order valence-electron chi connectivity index (χ1n) is 5.72. The molecule has 20 heavy (non-hydrogen) atoms. The summed E-state index contributed by atoms with van der Waals surface area (Å²) in [5.74, 6) is -1.52. The molecule has 1 aliphatic heterocycles. The Hall–Kier alpha value is -2.21. The van der Waals surface area contributed by atoms with E-state index < -0.39 is 17.6 Å². The van der Waals surface area contributed by atoms with Crippen LogP contribution in [0.1, 0.15) is 20.7 Å². The van der Waals surface area contributed by atoms with E-state index in [1.807, 2.05) is 0 Å². The summed E-state index contributed by atoms with van der Waals surface area (Å²) in [6, 6.07) is 8.58. The highest BCUT2D eigenvalue weighted by atomic mass is 79.9. The number of anilines is 2. The molecule has 0 aliphatic carbocycles. The molecule has 0 aromatic heterocycles. The van der Waals surface area contributed by atoms with E-state index in [0.717, 1.165) is 11.0 Å². The molecule has 0 bridgehead atoms. The summed E-state index contributed by atoms with van der Waals surface area (Å²) in [6.45, 7) is 0. The molecule has 0 atom stereocenters. The molecule has 0 radical (unpaired) electrons. The second-order valence-corrected chi connectivity index (χ2v) is 5.20. The summed E-state index contributed by atoms with van der Waals surface area (Å²) in [5, 5.41) is 0. The van der Waals surface area contributed by atoms with Crippen LogP contribution in [0.4, 0.5) is 15.8 Å². The van der Waals surface area contributed by atoms with E-state index in [2.05, 4.69) is 15.9 Å². The van der Waals surface area contributed by atoms with Crippen molar-refractivity contribution in [2.24, 2.45) is 0 Å². The normalized spacial score (nSPS) is 13.8. The molecule has 1 heterocycles. The Morgan fingerprint density at radius 2 is 1.70 bits per heavy atom. The number of nitrogens with zero attached hydrogens (tertiary/aromatic N) is 1. The van der Waals surface area contributed by atoms with E-state index >= 15 is 0 Å². The van der Waals surface area contributed by atoms with E-state index in [9.17, 15) is 14.0 Å². The summed E-state index contributed by atoms with van der Waals surface area (Å²) < 4.78 is 13.8. The molecule has 2 N–H and O–H groups in total. The monoisotopic (exact) mass is 334 g/mol. The van der Waals surface area contributed by atoms with Gasteiger partial charge in [-0.1, -0.05) is 0 Å². The molecule has 2 aromatic rings. The Bertz CT molecular complexity index is 761. The molecule has 0 saturated heterocycles. The third-order valence-corrected chi connectivity index (χ3v) is 3.72. The lowest BCUT2D eigenvalue weighted by molar-refractivity contribution is 0.0926. The van der Waals surface area contributed by atoms with Crippen molar-refractivity contribution in [2.75, 3.05) is 10.6 Å². The third kappa shape index (κ3) is 1.80.